The molecular weight excluding hydrogens is 254 g/mol. The van der Waals surface area contributed by atoms with Crippen LogP contribution in [0.3, 0.4) is 0 Å². The van der Waals surface area contributed by atoms with Gasteiger partial charge >= 0.3 is 5.97 Å². The topological polar surface area (TPSA) is 83.5 Å². The Balaban J connectivity index is 4.57. The molecule has 0 bridgehead atoms. The van der Waals surface area contributed by atoms with Crippen LogP contribution in [0.4, 0.5) is 0 Å². The van der Waals surface area contributed by atoms with Gasteiger partial charge in [0.15, 0.2) is 0 Å². The number of hydrogen-bond donors (Lipinski definition) is 2. The van der Waals surface area contributed by atoms with Gasteiger partial charge in [0.25, 0.3) is 0 Å². The zero-order chi connectivity index (χ0) is 14.6. The Morgan fingerprint density at radius 3 is 2.11 bits per heavy atom. The molecule has 108 valence electrons. The molecule has 1 atom stereocenters. The standard InChI is InChI=1S/C12H25NO4S/c1-9(2)10(8-11(14)15)13-18(16,17)7-6-12(3,4)5/h9-10,13H,6-8H2,1-5H3,(H,14,15). The fraction of sp³-hybridized carbons (Fsp3) is 0.917. The first kappa shape index (κ1) is 17.4. The minimum Gasteiger partial charge on any atom is -0.481 e. The highest BCUT2D eigenvalue weighted by molar-refractivity contribution is 7.89. The molecule has 0 heterocycles. The summed E-state index contributed by atoms with van der Waals surface area (Å²) in [6.45, 7) is 9.53. The van der Waals surface area contributed by atoms with Crippen LogP contribution in [0, 0.1) is 11.3 Å². The van der Waals surface area contributed by atoms with E-state index in [1.165, 1.54) is 0 Å². The van der Waals surface area contributed by atoms with Gasteiger partial charge in [-0.25, -0.2) is 13.1 Å². The molecule has 0 fully saturated rings. The highest BCUT2D eigenvalue weighted by Crippen LogP contribution is 2.19. The molecule has 2 N–H and O–H groups in total. The van der Waals surface area contributed by atoms with Crippen LogP contribution in [0.25, 0.3) is 0 Å². The number of nitrogens with one attached hydrogen (secondary N) is 1. The molecule has 0 rings (SSSR count). The summed E-state index contributed by atoms with van der Waals surface area (Å²) in [5, 5.41) is 8.75. The van der Waals surface area contributed by atoms with Crippen molar-refractivity contribution in [2.24, 2.45) is 11.3 Å². The largest absolute Gasteiger partial charge is 0.481 e. The zero-order valence-electron chi connectivity index (χ0n) is 11.9. The van der Waals surface area contributed by atoms with Crippen molar-refractivity contribution in [3.8, 4) is 0 Å². The summed E-state index contributed by atoms with van der Waals surface area (Å²) in [6, 6.07) is -0.549. The second kappa shape index (κ2) is 6.52. The number of carboxylic acid groups (broad SMARTS) is 1. The predicted octanol–water partition coefficient (Wildman–Crippen LogP) is 1.84. The fourth-order valence-electron chi connectivity index (χ4n) is 1.33. The number of rotatable bonds is 7. The van der Waals surface area contributed by atoms with Gasteiger partial charge in [-0.1, -0.05) is 34.6 Å². The van der Waals surface area contributed by atoms with Crippen molar-refractivity contribution in [2.75, 3.05) is 5.75 Å². The van der Waals surface area contributed by atoms with Gasteiger partial charge in [-0.05, 0) is 17.8 Å². The zero-order valence-corrected chi connectivity index (χ0v) is 12.7. The van der Waals surface area contributed by atoms with Crippen molar-refractivity contribution in [1.82, 2.24) is 4.72 Å². The lowest BCUT2D eigenvalue weighted by atomic mass is 9.94. The lowest BCUT2D eigenvalue weighted by Crippen LogP contribution is -2.41. The summed E-state index contributed by atoms with van der Waals surface area (Å²) >= 11 is 0. The normalized spacial score (nSPS) is 14.8. The SMILES string of the molecule is CC(C)C(CC(=O)O)NS(=O)(=O)CCC(C)(C)C. The van der Waals surface area contributed by atoms with Crippen molar-refractivity contribution in [3.63, 3.8) is 0 Å². The number of sulfonamides is 1. The molecule has 0 aromatic carbocycles. The average molecular weight is 279 g/mol. The number of hydrogen-bond acceptors (Lipinski definition) is 3. The average Bonchev–Trinajstić information content (AvgIpc) is 2.11. The Bertz CT molecular complexity index is 368. The van der Waals surface area contributed by atoms with Gasteiger partial charge < -0.3 is 5.11 Å². The molecule has 1 unspecified atom stereocenters. The highest BCUT2D eigenvalue weighted by atomic mass is 32.2. The van der Waals surface area contributed by atoms with Gasteiger partial charge in [0, 0.05) is 6.04 Å². The minimum atomic E-state index is -3.42. The van der Waals surface area contributed by atoms with Gasteiger partial charge in [0.05, 0.1) is 12.2 Å². The van der Waals surface area contributed by atoms with Crippen LogP contribution < -0.4 is 4.72 Å². The Labute approximate surface area is 110 Å². The third-order valence-electron chi connectivity index (χ3n) is 2.65. The Morgan fingerprint density at radius 2 is 1.78 bits per heavy atom. The van der Waals surface area contributed by atoms with Crippen LogP contribution >= 0.6 is 0 Å². The Kier molecular flexibility index (Phi) is 6.29. The van der Waals surface area contributed by atoms with Gasteiger partial charge in [0.2, 0.25) is 10.0 Å². The summed E-state index contributed by atoms with van der Waals surface area (Å²) in [6.07, 6.45) is 0.354. The van der Waals surface area contributed by atoms with Crippen LogP contribution in [0.2, 0.25) is 0 Å². The van der Waals surface area contributed by atoms with Gasteiger partial charge in [-0.3, -0.25) is 4.79 Å². The molecule has 0 radical (unpaired) electrons. The van der Waals surface area contributed by atoms with Crippen molar-refractivity contribution < 1.29 is 18.3 Å². The molecule has 6 heteroatoms. The third kappa shape index (κ3) is 8.47. The van der Waals surface area contributed by atoms with E-state index in [2.05, 4.69) is 4.72 Å². The number of aliphatic carboxylic acids is 1. The Morgan fingerprint density at radius 1 is 1.28 bits per heavy atom. The van der Waals surface area contributed by atoms with E-state index in [0.717, 1.165) is 0 Å². The molecular formula is C12H25NO4S. The maximum absolute atomic E-state index is 11.9. The first-order valence-electron chi connectivity index (χ1n) is 6.15. The maximum Gasteiger partial charge on any atom is 0.304 e. The van der Waals surface area contributed by atoms with Crippen molar-refractivity contribution in [3.05, 3.63) is 0 Å². The molecule has 0 saturated heterocycles. The lowest BCUT2D eigenvalue weighted by molar-refractivity contribution is -0.137. The number of carbonyl (C=O) groups is 1. The van der Waals surface area contributed by atoms with Crippen LogP contribution in [0.15, 0.2) is 0 Å². The van der Waals surface area contributed by atoms with E-state index in [4.69, 9.17) is 5.11 Å². The molecule has 0 saturated carbocycles. The maximum atomic E-state index is 11.9. The Hall–Kier alpha value is -0.620. The van der Waals surface area contributed by atoms with E-state index >= 15 is 0 Å². The highest BCUT2D eigenvalue weighted by Gasteiger charge is 2.24. The molecule has 0 aromatic rings. The minimum absolute atomic E-state index is 0.0271. The third-order valence-corrected chi connectivity index (χ3v) is 4.05. The molecule has 0 amide bonds. The monoisotopic (exact) mass is 279 g/mol. The second-order valence-corrected chi connectivity index (χ2v) is 8.07. The molecule has 0 aliphatic rings. The van der Waals surface area contributed by atoms with Crippen molar-refractivity contribution >= 4 is 16.0 Å². The molecule has 18 heavy (non-hydrogen) atoms. The molecule has 5 nitrogen and oxygen atoms in total. The first-order valence-corrected chi connectivity index (χ1v) is 7.80. The van der Waals surface area contributed by atoms with Gasteiger partial charge in [-0.2, -0.15) is 0 Å². The molecule has 0 aliphatic carbocycles. The van der Waals surface area contributed by atoms with Crippen LogP contribution in [-0.4, -0.2) is 31.3 Å². The summed E-state index contributed by atoms with van der Waals surface area (Å²) in [4.78, 5) is 10.7. The predicted molar refractivity (Wildman–Crippen MR) is 71.9 cm³/mol. The van der Waals surface area contributed by atoms with Crippen LogP contribution in [0.1, 0.15) is 47.5 Å². The second-order valence-electron chi connectivity index (χ2n) is 6.20. The molecule has 0 aliphatic heterocycles. The molecule has 0 spiro atoms. The van der Waals surface area contributed by atoms with Crippen LogP contribution in [0.5, 0.6) is 0 Å². The van der Waals surface area contributed by atoms with Gasteiger partial charge in [0.1, 0.15) is 0 Å². The summed E-state index contributed by atoms with van der Waals surface area (Å²) in [5.74, 6) is -1.02. The summed E-state index contributed by atoms with van der Waals surface area (Å²) < 4.78 is 26.2. The van der Waals surface area contributed by atoms with E-state index in [-0.39, 0.29) is 23.5 Å². The summed E-state index contributed by atoms with van der Waals surface area (Å²) in [5.41, 5.74) is -0.0606. The summed E-state index contributed by atoms with van der Waals surface area (Å²) in [7, 11) is -3.42. The quantitative estimate of drug-likeness (QED) is 0.745. The van der Waals surface area contributed by atoms with Gasteiger partial charge in [-0.15, -0.1) is 0 Å². The van der Waals surface area contributed by atoms with E-state index < -0.39 is 22.0 Å². The number of carboxylic acids is 1. The van der Waals surface area contributed by atoms with Crippen molar-refractivity contribution in [2.45, 2.75) is 53.5 Å². The van der Waals surface area contributed by atoms with E-state index in [0.29, 0.717) is 6.42 Å². The van der Waals surface area contributed by atoms with Crippen LogP contribution in [-0.2, 0) is 14.8 Å². The fourth-order valence-corrected chi connectivity index (χ4v) is 3.15. The van der Waals surface area contributed by atoms with E-state index in [1.807, 2.05) is 20.8 Å². The van der Waals surface area contributed by atoms with E-state index in [9.17, 15) is 13.2 Å². The van der Waals surface area contributed by atoms with E-state index in [1.54, 1.807) is 13.8 Å². The smallest absolute Gasteiger partial charge is 0.304 e. The lowest BCUT2D eigenvalue weighted by Gasteiger charge is -2.22. The van der Waals surface area contributed by atoms with Crippen molar-refractivity contribution in [1.29, 1.82) is 0 Å². The first-order chi connectivity index (χ1) is 7.93. The molecule has 0 aromatic heterocycles.